The van der Waals surface area contributed by atoms with Crippen LogP contribution in [0.3, 0.4) is 0 Å². The number of rotatable bonds is 7. The second kappa shape index (κ2) is 6.57. The Balaban J connectivity index is 4.17. The van der Waals surface area contributed by atoms with Gasteiger partial charge in [-0.05, 0) is 37.0 Å². The third-order valence-corrected chi connectivity index (χ3v) is 8.63. The second-order valence-electron chi connectivity index (χ2n) is 3.81. The van der Waals surface area contributed by atoms with E-state index < -0.39 is 8.32 Å². The van der Waals surface area contributed by atoms with Crippen LogP contribution in [0.15, 0.2) is 0 Å². The van der Waals surface area contributed by atoms with Gasteiger partial charge in [-0.1, -0.05) is 20.8 Å². The van der Waals surface area contributed by atoms with E-state index in [0.717, 1.165) is 18.5 Å². The van der Waals surface area contributed by atoms with Gasteiger partial charge in [0.2, 0.25) is 0 Å². The fraction of sp³-hybridized carbons (Fsp3) is 1.00. The van der Waals surface area contributed by atoms with Crippen molar-refractivity contribution in [3.8, 4) is 0 Å². The van der Waals surface area contributed by atoms with E-state index in [1.54, 1.807) is 0 Å². The van der Waals surface area contributed by atoms with E-state index in [-0.39, 0.29) is 0 Å². The lowest BCUT2D eigenvalue weighted by molar-refractivity contribution is 0.375. The quantitative estimate of drug-likeness (QED) is 0.646. The standard InChI is InChI=1S/C10H25NOSi/c1-5-13(6-2,12-4)10(3)8-7-9-11/h10H,5-9,11H2,1-4H3. The van der Waals surface area contributed by atoms with Crippen molar-refractivity contribution in [1.29, 1.82) is 0 Å². The van der Waals surface area contributed by atoms with Gasteiger partial charge in [-0.25, -0.2) is 0 Å². The van der Waals surface area contributed by atoms with E-state index in [1.807, 2.05) is 7.11 Å². The average Bonchev–Trinajstić information content (AvgIpc) is 2.18. The molecule has 0 aliphatic rings. The van der Waals surface area contributed by atoms with Gasteiger partial charge >= 0.3 is 0 Å². The van der Waals surface area contributed by atoms with Crippen molar-refractivity contribution < 1.29 is 4.43 Å². The summed E-state index contributed by atoms with van der Waals surface area (Å²) in [7, 11) is 0.473. The summed E-state index contributed by atoms with van der Waals surface area (Å²) in [6.45, 7) is 7.67. The molecule has 1 unspecified atom stereocenters. The van der Waals surface area contributed by atoms with Crippen molar-refractivity contribution in [3.05, 3.63) is 0 Å². The molecule has 0 aliphatic heterocycles. The first kappa shape index (κ1) is 13.1. The summed E-state index contributed by atoms with van der Waals surface area (Å²) in [4.78, 5) is 0. The van der Waals surface area contributed by atoms with Gasteiger partial charge in [0.25, 0.3) is 0 Å². The molecule has 3 heteroatoms. The molecule has 2 nitrogen and oxygen atoms in total. The smallest absolute Gasteiger partial charge is 0.194 e. The van der Waals surface area contributed by atoms with Crippen LogP contribution in [0, 0.1) is 0 Å². The second-order valence-corrected chi connectivity index (χ2v) is 8.75. The van der Waals surface area contributed by atoms with Gasteiger partial charge < -0.3 is 10.2 Å². The molecule has 0 aromatic rings. The molecule has 80 valence electrons. The van der Waals surface area contributed by atoms with Crippen LogP contribution in [-0.4, -0.2) is 22.0 Å². The SMILES string of the molecule is CC[Si](CC)(OC)C(C)CCCN. The molecule has 0 aliphatic carbocycles. The van der Waals surface area contributed by atoms with Crippen LogP contribution < -0.4 is 5.73 Å². The average molecular weight is 203 g/mol. The first-order valence-electron chi connectivity index (χ1n) is 5.42. The minimum atomic E-state index is -1.41. The van der Waals surface area contributed by atoms with Crippen LogP contribution in [0.1, 0.15) is 33.6 Å². The lowest BCUT2D eigenvalue weighted by atomic mass is 10.2. The van der Waals surface area contributed by atoms with Crippen LogP contribution in [0.5, 0.6) is 0 Å². The summed E-state index contributed by atoms with van der Waals surface area (Å²) in [5.74, 6) is 0. The van der Waals surface area contributed by atoms with E-state index in [9.17, 15) is 0 Å². The molecule has 1 atom stereocenters. The van der Waals surface area contributed by atoms with Crippen molar-refractivity contribution in [2.75, 3.05) is 13.7 Å². The van der Waals surface area contributed by atoms with Gasteiger partial charge in [-0.3, -0.25) is 0 Å². The Kier molecular flexibility index (Phi) is 6.64. The van der Waals surface area contributed by atoms with Crippen LogP contribution in [0.2, 0.25) is 17.6 Å². The lowest BCUT2D eigenvalue weighted by Gasteiger charge is -2.33. The Morgan fingerprint density at radius 3 is 2.15 bits per heavy atom. The predicted molar refractivity (Wildman–Crippen MR) is 61.4 cm³/mol. The molecule has 0 radical (unpaired) electrons. The fourth-order valence-corrected chi connectivity index (χ4v) is 5.73. The van der Waals surface area contributed by atoms with Crippen LogP contribution in [0.25, 0.3) is 0 Å². The molecule has 0 fully saturated rings. The van der Waals surface area contributed by atoms with E-state index in [2.05, 4.69) is 20.8 Å². The van der Waals surface area contributed by atoms with Crippen molar-refractivity contribution in [2.24, 2.45) is 5.73 Å². The van der Waals surface area contributed by atoms with Gasteiger partial charge in [0.15, 0.2) is 8.32 Å². The molecule has 0 heterocycles. The Bertz CT molecular complexity index is 118. The zero-order valence-electron chi connectivity index (χ0n) is 9.60. The van der Waals surface area contributed by atoms with Crippen molar-refractivity contribution in [3.63, 3.8) is 0 Å². The third kappa shape index (κ3) is 3.41. The highest BCUT2D eigenvalue weighted by molar-refractivity contribution is 6.75. The van der Waals surface area contributed by atoms with Crippen LogP contribution in [-0.2, 0) is 4.43 Å². The van der Waals surface area contributed by atoms with E-state index in [4.69, 9.17) is 10.2 Å². The van der Waals surface area contributed by atoms with Crippen molar-refractivity contribution >= 4 is 8.32 Å². The summed E-state index contributed by atoms with van der Waals surface area (Å²) in [6, 6.07) is 2.46. The largest absolute Gasteiger partial charge is 0.420 e. The van der Waals surface area contributed by atoms with Gasteiger partial charge in [0.05, 0.1) is 0 Å². The topological polar surface area (TPSA) is 35.2 Å². The number of hydrogen-bond acceptors (Lipinski definition) is 2. The molecule has 2 N–H and O–H groups in total. The van der Waals surface area contributed by atoms with Crippen molar-refractivity contribution in [1.82, 2.24) is 0 Å². The summed E-state index contributed by atoms with van der Waals surface area (Å²) in [5, 5.41) is 0. The molecular weight excluding hydrogens is 178 g/mol. The van der Waals surface area contributed by atoms with E-state index >= 15 is 0 Å². The maximum Gasteiger partial charge on any atom is 0.194 e. The Hall–Kier alpha value is 0.137. The summed E-state index contributed by atoms with van der Waals surface area (Å²) < 4.78 is 5.79. The maximum absolute atomic E-state index is 5.79. The number of nitrogens with two attached hydrogens (primary N) is 1. The first-order valence-corrected chi connectivity index (χ1v) is 7.82. The molecule has 13 heavy (non-hydrogen) atoms. The fourth-order valence-electron chi connectivity index (χ4n) is 2.12. The molecule has 0 saturated heterocycles. The highest BCUT2D eigenvalue weighted by Gasteiger charge is 2.35. The molecule has 0 spiro atoms. The monoisotopic (exact) mass is 203 g/mol. The zero-order valence-corrected chi connectivity index (χ0v) is 10.6. The molecule has 0 aromatic carbocycles. The van der Waals surface area contributed by atoms with E-state index in [1.165, 1.54) is 18.5 Å². The Labute approximate surface area is 84.0 Å². The molecular formula is C10H25NOSi. The number of hydrogen-bond donors (Lipinski definition) is 1. The third-order valence-electron chi connectivity index (χ3n) is 3.34. The zero-order chi connectivity index (χ0) is 10.3. The first-order chi connectivity index (χ1) is 6.16. The predicted octanol–water partition coefficient (Wildman–Crippen LogP) is 2.75. The van der Waals surface area contributed by atoms with Gasteiger partial charge in [0, 0.05) is 7.11 Å². The Morgan fingerprint density at radius 1 is 1.31 bits per heavy atom. The van der Waals surface area contributed by atoms with Gasteiger partial charge in [-0.15, -0.1) is 0 Å². The highest BCUT2D eigenvalue weighted by atomic mass is 28.4. The van der Waals surface area contributed by atoms with Crippen molar-refractivity contribution in [2.45, 2.75) is 51.2 Å². The van der Waals surface area contributed by atoms with Crippen LogP contribution in [0.4, 0.5) is 0 Å². The molecule has 0 rings (SSSR count). The lowest BCUT2D eigenvalue weighted by Crippen LogP contribution is -2.40. The summed E-state index contributed by atoms with van der Waals surface area (Å²) in [6.07, 6.45) is 2.37. The normalized spacial score (nSPS) is 14.5. The molecule has 0 aromatic heterocycles. The minimum absolute atomic E-state index is 0.746. The molecule has 0 saturated carbocycles. The highest BCUT2D eigenvalue weighted by Crippen LogP contribution is 2.33. The van der Waals surface area contributed by atoms with Crippen LogP contribution >= 0.6 is 0 Å². The Morgan fingerprint density at radius 2 is 1.85 bits per heavy atom. The van der Waals surface area contributed by atoms with Gasteiger partial charge in [0.1, 0.15) is 0 Å². The van der Waals surface area contributed by atoms with Gasteiger partial charge in [-0.2, -0.15) is 0 Å². The summed E-state index contributed by atoms with van der Waals surface area (Å²) in [5.41, 5.74) is 6.27. The van der Waals surface area contributed by atoms with E-state index in [0.29, 0.717) is 0 Å². The minimum Gasteiger partial charge on any atom is -0.420 e. The summed E-state index contributed by atoms with van der Waals surface area (Å²) >= 11 is 0. The maximum atomic E-state index is 5.79. The molecule has 0 amide bonds. The molecule has 0 bridgehead atoms.